The van der Waals surface area contributed by atoms with Gasteiger partial charge in [-0.05, 0) is 41.7 Å². The van der Waals surface area contributed by atoms with Gasteiger partial charge < -0.3 is 0 Å². The van der Waals surface area contributed by atoms with Crippen LogP contribution >= 0.6 is 0 Å². The summed E-state index contributed by atoms with van der Waals surface area (Å²) in [5, 5.41) is 0. The van der Waals surface area contributed by atoms with E-state index in [9.17, 15) is 0 Å². The summed E-state index contributed by atoms with van der Waals surface area (Å²) in [6.07, 6.45) is 0. The Morgan fingerprint density at radius 3 is 2.09 bits per heavy atom. The first-order valence-electron chi connectivity index (χ1n) is 7.88. The normalized spacial score (nSPS) is 12.1. The van der Waals surface area contributed by atoms with Crippen molar-refractivity contribution in [2.75, 3.05) is 0 Å². The van der Waals surface area contributed by atoms with Crippen LogP contribution in [0, 0.1) is 13.8 Å². The largest absolute Gasteiger partial charge is 0.0622 e. The SMILES string of the molecule is Cc1ccc(C(C)c2ccccc2)c(-c2ccccc2C)c1. The van der Waals surface area contributed by atoms with E-state index in [1.165, 1.54) is 33.4 Å². The summed E-state index contributed by atoms with van der Waals surface area (Å²) in [7, 11) is 0. The van der Waals surface area contributed by atoms with Crippen LogP contribution in [0.25, 0.3) is 11.1 Å². The third-order valence-corrected chi connectivity index (χ3v) is 4.41. The lowest BCUT2D eigenvalue weighted by atomic mass is 9.85. The van der Waals surface area contributed by atoms with E-state index in [1.54, 1.807) is 0 Å². The molecule has 0 nitrogen and oxygen atoms in total. The van der Waals surface area contributed by atoms with Gasteiger partial charge in [0.15, 0.2) is 0 Å². The van der Waals surface area contributed by atoms with Gasteiger partial charge in [0.2, 0.25) is 0 Å². The zero-order valence-electron chi connectivity index (χ0n) is 13.5. The lowest BCUT2D eigenvalue weighted by Gasteiger charge is -2.19. The first-order valence-corrected chi connectivity index (χ1v) is 7.88. The minimum atomic E-state index is 0.386. The zero-order chi connectivity index (χ0) is 15.5. The van der Waals surface area contributed by atoms with Crippen LogP contribution in [0.3, 0.4) is 0 Å². The maximum absolute atomic E-state index is 2.32. The predicted molar refractivity (Wildman–Crippen MR) is 95.3 cm³/mol. The lowest BCUT2D eigenvalue weighted by molar-refractivity contribution is 0.923. The molecular weight excluding hydrogens is 264 g/mol. The molecular formula is C22H22. The van der Waals surface area contributed by atoms with Crippen molar-refractivity contribution in [3.8, 4) is 11.1 Å². The Balaban J connectivity index is 2.15. The first kappa shape index (κ1) is 14.6. The standard InChI is InChI=1S/C22H22/c1-16-13-14-21(18(3)19-10-5-4-6-11-19)22(15-16)20-12-8-7-9-17(20)2/h4-15,18H,1-3H3. The Labute approximate surface area is 133 Å². The van der Waals surface area contributed by atoms with E-state index in [-0.39, 0.29) is 0 Å². The minimum Gasteiger partial charge on any atom is -0.0622 e. The highest BCUT2D eigenvalue weighted by molar-refractivity contribution is 5.72. The summed E-state index contributed by atoms with van der Waals surface area (Å²) >= 11 is 0. The first-order chi connectivity index (χ1) is 10.7. The van der Waals surface area contributed by atoms with Crippen LogP contribution in [0.15, 0.2) is 72.8 Å². The maximum atomic E-state index is 2.32. The van der Waals surface area contributed by atoms with Crippen molar-refractivity contribution < 1.29 is 0 Å². The Morgan fingerprint density at radius 1 is 0.682 bits per heavy atom. The summed E-state index contributed by atoms with van der Waals surface area (Å²) in [6.45, 7) is 6.65. The van der Waals surface area contributed by atoms with Crippen molar-refractivity contribution in [2.45, 2.75) is 26.7 Å². The van der Waals surface area contributed by atoms with Crippen molar-refractivity contribution in [3.05, 3.63) is 95.1 Å². The molecule has 0 aliphatic carbocycles. The van der Waals surface area contributed by atoms with Crippen molar-refractivity contribution >= 4 is 0 Å². The molecule has 0 bridgehead atoms. The second kappa shape index (κ2) is 6.19. The molecule has 0 spiro atoms. The number of aryl methyl sites for hydroxylation is 2. The molecule has 3 rings (SSSR count). The van der Waals surface area contributed by atoms with Crippen LogP contribution in [0.1, 0.15) is 35.1 Å². The predicted octanol–water partition coefficient (Wildman–Crippen LogP) is 6.12. The number of hydrogen-bond acceptors (Lipinski definition) is 0. The maximum Gasteiger partial charge on any atom is 0.00671 e. The van der Waals surface area contributed by atoms with Crippen LogP contribution in [0.2, 0.25) is 0 Å². The van der Waals surface area contributed by atoms with Gasteiger partial charge in [-0.15, -0.1) is 0 Å². The van der Waals surface area contributed by atoms with Gasteiger partial charge in [-0.1, -0.05) is 85.3 Å². The minimum absolute atomic E-state index is 0.386. The van der Waals surface area contributed by atoms with Crippen molar-refractivity contribution in [1.29, 1.82) is 0 Å². The molecule has 0 saturated heterocycles. The van der Waals surface area contributed by atoms with Crippen LogP contribution in [-0.2, 0) is 0 Å². The molecule has 0 N–H and O–H groups in total. The highest BCUT2D eigenvalue weighted by Gasteiger charge is 2.15. The topological polar surface area (TPSA) is 0 Å². The molecule has 0 fully saturated rings. The summed E-state index contributed by atoms with van der Waals surface area (Å²) in [4.78, 5) is 0. The van der Waals surface area contributed by atoms with E-state index < -0.39 is 0 Å². The number of rotatable bonds is 3. The lowest BCUT2D eigenvalue weighted by Crippen LogP contribution is -2.00. The fourth-order valence-electron chi connectivity index (χ4n) is 3.08. The molecule has 0 aromatic heterocycles. The Bertz CT molecular complexity index is 769. The molecule has 0 amide bonds. The van der Waals surface area contributed by atoms with E-state index in [0.717, 1.165) is 0 Å². The summed E-state index contributed by atoms with van der Waals surface area (Å²) in [5.41, 5.74) is 8.09. The highest BCUT2D eigenvalue weighted by Crippen LogP contribution is 2.35. The molecule has 110 valence electrons. The smallest absolute Gasteiger partial charge is 0.00671 e. The molecule has 0 saturated carbocycles. The molecule has 3 aromatic carbocycles. The van der Waals surface area contributed by atoms with E-state index in [0.29, 0.717) is 5.92 Å². The van der Waals surface area contributed by atoms with Gasteiger partial charge in [0.1, 0.15) is 0 Å². The third-order valence-electron chi connectivity index (χ3n) is 4.41. The molecule has 0 heteroatoms. The second-order valence-electron chi connectivity index (χ2n) is 6.04. The van der Waals surface area contributed by atoms with Crippen LogP contribution < -0.4 is 0 Å². The van der Waals surface area contributed by atoms with E-state index in [2.05, 4.69) is 93.6 Å². The molecule has 0 heterocycles. The van der Waals surface area contributed by atoms with Gasteiger partial charge in [0, 0.05) is 5.92 Å². The van der Waals surface area contributed by atoms with Crippen LogP contribution in [0.5, 0.6) is 0 Å². The van der Waals surface area contributed by atoms with E-state index in [1.807, 2.05) is 0 Å². The monoisotopic (exact) mass is 286 g/mol. The van der Waals surface area contributed by atoms with E-state index >= 15 is 0 Å². The third kappa shape index (κ3) is 2.82. The average molecular weight is 286 g/mol. The Morgan fingerprint density at radius 2 is 1.36 bits per heavy atom. The van der Waals surface area contributed by atoms with Crippen LogP contribution in [-0.4, -0.2) is 0 Å². The molecule has 1 atom stereocenters. The van der Waals surface area contributed by atoms with Gasteiger partial charge in [0.05, 0.1) is 0 Å². The van der Waals surface area contributed by atoms with Gasteiger partial charge in [-0.25, -0.2) is 0 Å². The molecule has 0 radical (unpaired) electrons. The molecule has 1 unspecified atom stereocenters. The number of benzene rings is 3. The van der Waals surface area contributed by atoms with Gasteiger partial charge in [0.25, 0.3) is 0 Å². The Hall–Kier alpha value is -2.34. The average Bonchev–Trinajstić information content (AvgIpc) is 2.55. The van der Waals surface area contributed by atoms with Crippen molar-refractivity contribution in [3.63, 3.8) is 0 Å². The summed E-state index contributed by atoms with van der Waals surface area (Å²) < 4.78 is 0. The van der Waals surface area contributed by atoms with Gasteiger partial charge in [-0.2, -0.15) is 0 Å². The Kier molecular flexibility index (Phi) is 4.11. The van der Waals surface area contributed by atoms with Crippen molar-refractivity contribution in [1.82, 2.24) is 0 Å². The fraction of sp³-hybridized carbons (Fsp3) is 0.182. The van der Waals surface area contributed by atoms with E-state index in [4.69, 9.17) is 0 Å². The zero-order valence-corrected chi connectivity index (χ0v) is 13.5. The second-order valence-corrected chi connectivity index (χ2v) is 6.04. The fourth-order valence-corrected chi connectivity index (χ4v) is 3.08. The quantitative estimate of drug-likeness (QED) is 0.544. The summed E-state index contributed by atoms with van der Waals surface area (Å²) in [5.74, 6) is 0.386. The van der Waals surface area contributed by atoms with Gasteiger partial charge in [-0.3, -0.25) is 0 Å². The number of hydrogen-bond donors (Lipinski definition) is 0. The molecule has 0 aliphatic heterocycles. The molecule has 3 aromatic rings. The van der Waals surface area contributed by atoms with Crippen molar-refractivity contribution in [2.24, 2.45) is 0 Å². The van der Waals surface area contributed by atoms with Gasteiger partial charge >= 0.3 is 0 Å². The summed E-state index contributed by atoms with van der Waals surface area (Å²) in [6, 6.07) is 26.2. The molecule has 22 heavy (non-hydrogen) atoms. The molecule has 0 aliphatic rings. The van der Waals surface area contributed by atoms with Crippen LogP contribution in [0.4, 0.5) is 0 Å². The highest BCUT2D eigenvalue weighted by atomic mass is 14.2.